The maximum atomic E-state index is 12.9. The van der Waals surface area contributed by atoms with E-state index in [-0.39, 0.29) is 12.2 Å². The molecule has 1 aliphatic heterocycles. The molecule has 22 heavy (non-hydrogen) atoms. The van der Waals surface area contributed by atoms with Gasteiger partial charge < -0.3 is 10.2 Å². The van der Waals surface area contributed by atoms with E-state index >= 15 is 0 Å². The van der Waals surface area contributed by atoms with Crippen molar-refractivity contribution in [3.8, 4) is 0 Å². The summed E-state index contributed by atoms with van der Waals surface area (Å²) in [5, 5.41) is 2.70. The summed E-state index contributed by atoms with van der Waals surface area (Å²) in [5.41, 5.74) is -3.75. The number of rotatable bonds is 2. The Labute approximate surface area is 121 Å². The number of hydrogen-bond acceptors (Lipinski definition) is 2. The van der Waals surface area contributed by atoms with Gasteiger partial charge in [0.1, 0.15) is 0 Å². The van der Waals surface area contributed by atoms with Gasteiger partial charge in [-0.15, -0.1) is 0 Å². The number of carbonyl (C=O) groups is 1. The minimum absolute atomic E-state index is 0.146. The lowest BCUT2D eigenvalue weighted by atomic mass is 10.0. The first kappa shape index (κ1) is 16.6. The molecular weight excluding hydrogens is 314 g/mol. The molecule has 1 heterocycles. The minimum Gasteiger partial charge on any atom is -0.311 e. The summed E-state index contributed by atoms with van der Waals surface area (Å²) in [6.45, 7) is 0.146. The number of nitrogens with zero attached hydrogens (tertiary/aromatic N) is 1. The van der Waals surface area contributed by atoms with Crippen LogP contribution < -0.4 is 10.2 Å². The summed E-state index contributed by atoms with van der Waals surface area (Å²) < 4.78 is 76.7. The summed E-state index contributed by atoms with van der Waals surface area (Å²) in [6, 6.07) is 1.07. The number of benzene rings is 1. The summed E-state index contributed by atoms with van der Waals surface area (Å²) in [6.07, 6.45) is -9.91. The number of anilines is 1. The third-order valence-electron chi connectivity index (χ3n) is 3.48. The van der Waals surface area contributed by atoms with Crippen molar-refractivity contribution in [2.45, 2.75) is 24.8 Å². The highest BCUT2D eigenvalue weighted by Crippen LogP contribution is 2.42. The molecule has 1 aromatic rings. The Morgan fingerprint density at radius 1 is 1.09 bits per heavy atom. The zero-order valence-electron chi connectivity index (χ0n) is 11.3. The number of amides is 1. The molecule has 0 aromatic heterocycles. The molecule has 1 aromatic carbocycles. The molecule has 9 heteroatoms. The molecule has 1 amide bonds. The molecular formula is C13H12F6N2O. The molecule has 2 rings (SSSR count). The highest BCUT2D eigenvalue weighted by molar-refractivity contribution is 5.99. The SMILES string of the molecule is CNC1CCN(c2ccc(C(F)(F)F)c(C(F)(F)F)c2)C1=O. The largest absolute Gasteiger partial charge is 0.417 e. The molecule has 1 atom stereocenters. The van der Waals surface area contributed by atoms with Crippen molar-refractivity contribution in [1.29, 1.82) is 0 Å². The number of nitrogens with one attached hydrogen (secondary N) is 1. The normalized spacial score (nSPS) is 19.9. The van der Waals surface area contributed by atoms with Crippen LogP contribution >= 0.6 is 0 Å². The van der Waals surface area contributed by atoms with Gasteiger partial charge in [0.25, 0.3) is 0 Å². The van der Waals surface area contributed by atoms with Crippen LogP contribution in [-0.2, 0) is 17.1 Å². The Morgan fingerprint density at radius 2 is 1.68 bits per heavy atom. The van der Waals surface area contributed by atoms with Gasteiger partial charge in [-0.2, -0.15) is 26.3 Å². The predicted octanol–water partition coefficient (Wildman–Crippen LogP) is 3.05. The zero-order chi connectivity index (χ0) is 16.7. The fourth-order valence-electron chi connectivity index (χ4n) is 2.39. The zero-order valence-corrected chi connectivity index (χ0v) is 11.3. The fourth-order valence-corrected chi connectivity index (χ4v) is 2.39. The monoisotopic (exact) mass is 326 g/mol. The smallest absolute Gasteiger partial charge is 0.311 e. The van der Waals surface area contributed by atoms with E-state index in [0.29, 0.717) is 18.6 Å². The van der Waals surface area contributed by atoms with Crippen LogP contribution in [0.15, 0.2) is 18.2 Å². The van der Waals surface area contributed by atoms with Crippen LogP contribution in [0.1, 0.15) is 17.5 Å². The molecule has 0 aliphatic carbocycles. The summed E-state index contributed by atoms with van der Waals surface area (Å²) in [7, 11) is 1.53. The van der Waals surface area contributed by atoms with Crippen LogP contribution in [0.2, 0.25) is 0 Å². The fraction of sp³-hybridized carbons (Fsp3) is 0.462. The Bertz CT molecular complexity index is 581. The van der Waals surface area contributed by atoms with Gasteiger partial charge in [0, 0.05) is 12.2 Å². The van der Waals surface area contributed by atoms with Crippen molar-refractivity contribution in [2.75, 3.05) is 18.5 Å². The third-order valence-corrected chi connectivity index (χ3v) is 3.48. The lowest BCUT2D eigenvalue weighted by Crippen LogP contribution is -2.36. The molecule has 0 bridgehead atoms. The van der Waals surface area contributed by atoms with Crippen molar-refractivity contribution in [1.82, 2.24) is 5.32 Å². The molecule has 3 nitrogen and oxygen atoms in total. The predicted molar refractivity (Wildman–Crippen MR) is 66.3 cm³/mol. The lowest BCUT2D eigenvalue weighted by molar-refractivity contribution is -0.162. The second-order valence-corrected chi connectivity index (χ2v) is 4.85. The highest BCUT2D eigenvalue weighted by atomic mass is 19.4. The average molecular weight is 326 g/mol. The lowest BCUT2D eigenvalue weighted by Gasteiger charge is -2.21. The van der Waals surface area contributed by atoms with E-state index in [2.05, 4.69) is 5.32 Å². The maximum Gasteiger partial charge on any atom is 0.417 e. The van der Waals surface area contributed by atoms with Crippen LogP contribution in [0, 0.1) is 0 Å². The minimum atomic E-state index is -5.16. The van der Waals surface area contributed by atoms with E-state index in [4.69, 9.17) is 0 Å². The molecule has 1 fully saturated rings. The van der Waals surface area contributed by atoms with Gasteiger partial charge in [-0.05, 0) is 31.7 Å². The van der Waals surface area contributed by atoms with Crippen LogP contribution in [0.4, 0.5) is 32.0 Å². The van der Waals surface area contributed by atoms with Crippen molar-refractivity contribution in [3.63, 3.8) is 0 Å². The van der Waals surface area contributed by atoms with Gasteiger partial charge in [0.15, 0.2) is 0 Å². The Hall–Kier alpha value is -1.77. The average Bonchev–Trinajstić information content (AvgIpc) is 2.77. The van der Waals surface area contributed by atoms with Crippen molar-refractivity contribution >= 4 is 11.6 Å². The summed E-state index contributed by atoms with van der Waals surface area (Å²) in [5.74, 6) is -0.463. The van der Waals surface area contributed by atoms with E-state index < -0.39 is 35.4 Å². The van der Waals surface area contributed by atoms with Gasteiger partial charge >= 0.3 is 12.4 Å². The van der Waals surface area contributed by atoms with E-state index in [9.17, 15) is 31.1 Å². The van der Waals surface area contributed by atoms with Gasteiger partial charge in [-0.25, -0.2) is 0 Å². The van der Waals surface area contributed by atoms with Crippen LogP contribution in [0.25, 0.3) is 0 Å². The number of likely N-dealkylation sites (N-methyl/N-ethyl adjacent to an activating group) is 1. The highest BCUT2D eigenvalue weighted by Gasteiger charge is 2.44. The standard InChI is InChI=1S/C13H12F6N2O/c1-20-10-4-5-21(11(10)22)7-2-3-8(12(14,15)16)9(6-7)13(17,18)19/h2-3,6,10,20H,4-5H2,1H3. The van der Waals surface area contributed by atoms with Crippen LogP contribution in [-0.4, -0.2) is 25.5 Å². The number of carbonyl (C=O) groups excluding carboxylic acids is 1. The number of hydrogen-bond donors (Lipinski definition) is 1. The van der Waals surface area contributed by atoms with E-state index in [1.165, 1.54) is 7.05 Å². The molecule has 0 spiro atoms. The van der Waals surface area contributed by atoms with Crippen molar-refractivity contribution < 1.29 is 31.1 Å². The first-order chi connectivity index (χ1) is 10.1. The topological polar surface area (TPSA) is 32.3 Å². The Balaban J connectivity index is 2.47. The van der Waals surface area contributed by atoms with Gasteiger partial charge in [0.05, 0.1) is 17.2 Å². The van der Waals surface area contributed by atoms with E-state index in [0.717, 1.165) is 11.0 Å². The van der Waals surface area contributed by atoms with Crippen molar-refractivity contribution in [2.24, 2.45) is 0 Å². The van der Waals surface area contributed by atoms with Gasteiger partial charge in [-0.3, -0.25) is 4.79 Å². The first-order valence-corrected chi connectivity index (χ1v) is 6.33. The molecule has 0 radical (unpaired) electrons. The van der Waals surface area contributed by atoms with Crippen molar-refractivity contribution in [3.05, 3.63) is 29.3 Å². The van der Waals surface area contributed by atoms with Crippen LogP contribution in [0.5, 0.6) is 0 Å². The Kier molecular flexibility index (Phi) is 4.12. The number of alkyl halides is 6. The first-order valence-electron chi connectivity index (χ1n) is 6.33. The number of halogens is 6. The molecule has 1 unspecified atom stereocenters. The third kappa shape index (κ3) is 3.03. The van der Waals surface area contributed by atoms with Gasteiger partial charge in [0.2, 0.25) is 5.91 Å². The molecule has 122 valence electrons. The quantitative estimate of drug-likeness (QED) is 0.847. The molecule has 1 aliphatic rings. The second-order valence-electron chi connectivity index (χ2n) is 4.85. The molecule has 0 saturated carbocycles. The molecule has 1 saturated heterocycles. The summed E-state index contributed by atoms with van der Waals surface area (Å²) in [4.78, 5) is 13.0. The summed E-state index contributed by atoms with van der Waals surface area (Å²) >= 11 is 0. The van der Waals surface area contributed by atoms with E-state index in [1.54, 1.807) is 0 Å². The second kappa shape index (κ2) is 5.45. The maximum absolute atomic E-state index is 12.9. The van der Waals surface area contributed by atoms with Crippen LogP contribution in [0.3, 0.4) is 0 Å². The molecule has 1 N–H and O–H groups in total. The van der Waals surface area contributed by atoms with Gasteiger partial charge in [-0.1, -0.05) is 0 Å². The Morgan fingerprint density at radius 3 is 2.14 bits per heavy atom. The van der Waals surface area contributed by atoms with E-state index in [1.807, 2.05) is 0 Å².